The average molecular weight is 456 g/mol. The fourth-order valence-electron chi connectivity index (χ4n) is 3.71. The third-order valence-corrected chi connectivity index (χ3v) is 7.49. The van der Waals surface area contributed by atoms with E-state index in [4.69, 9.17) is 0 Å². The Labute approximate surface area is 184 Å². The Morgan fingerprint density at radius 1 is 0.968 bits per heavy atom. The quantitative estimate of drug-likeness (QED) is 0.520. The lowest BCUT2D eigenvalue weighted by Gasteiger charge is -2.12. The Morgan fingerprint density at radius 3 is 2.35 bits per heavy atom. The molecule has 1 heterocycles. The van der Waals surface area contributed by atoms with Crippen molar-refractivity contribution in [3.05, 3.63) is 71.7 Å². The Hall–Kier alpha value is -3.04. The van der Waals surface area contributed by atoms with E-state index in [9.17, 15) is 18.0 Å². The number of benzene rings is 2. The predicted octanol–water partition coefficient (Wildman–Crippen LogP) is 4.18. The van der Waals surface area contributed by atoms with Crippen molar-refractivity contribution in [1.82, 2.24) is 4.98 Å². The van der Waals surface area contributed by atoms with Crippen molar-refractivity contribution < 1.29 is 18.0 Å². The zero-order chi connectivity index (χ0) is 21.8. The summed E-state index contributed by atoms with van der Waals surface area (Å²) in [6.07, 6.45) is 3.37. The number of hydrogen-bond donors (Lipinski definition) is 2. The molecule has 0 bridgehead atoms. The second kappa shape index (κ2) is 8.99. The minimum absolute atomic E-state index is 0.0788. The van der Waals surface area contributed by atoms with E-state index >= 15 is 0 Å². The summed E-state index contributed by atoms with van der Waals surface area (Å²) >= 11 is 1.19. The SMILES string of the molecule is O=C(Nc1ccc(S(=O)(=O)Nc2nccs2)cc1)[C@@H]1CC[C@H](C(=O)c2ccccc2)C1. The first-order valence-electron chi connectivity index (χ1n) is 9.85. The van der Waals surface area contributed by atoms with Crippen LogP contribution in [0, 0.1) is 11.8 Å². The number of rotatable bonds is 7. The summed E-state index contributed by atoms with van der Waals surface area (Å²) in [6, 6.07) is 15.1. The number of hydrogen-bond acceptors (Lipinski definition) is 6. The normalized spacial score (nSPS) is 18.5. The smallest absolute Gasteiger partial charge is 0.263 e. The highest BCUT2D eigenvalue weighted by Crippen LogP contribution is 2.34. The molecule has 1 saturated carbocycles. The minimum atomic E-state index is -3.74. The van der Waals surface area contributed by atoms with Gasteiger partial charge in [-0.05, 0) is 43.5 Å². The number of anilines is 2. The first-order chi connectivity index (χ1) is 14.9. The van der Waals surface area contributed by atoms with E-state index < -0.39 is 10.0 Å². The average Bonchev–Trinajstić information content (AvgIpc) is 3.46. The van der Waals surface area contributed by atoms with Gasteiger partial charge in [-0.3, -0.25) is 14.3 Å². The molecule has 2 N–H and O–H groups in total. The van der Waals surface area contributed by atoms with E-state index in [0.29, 0.717) is 35.6 Å². The van der Waals surface area contributed by atoms with Crippen LogP contribution in [0.15, 0.2) is 71.1 Å². The second-order valence-electron chi connectivity index (χ2n) is 7.39. The maximum absolute atomic E-state index is 12.7. The van der Waals surface area contributed by atoms with Crippen molar-refractivity contribution in [1.29, 1.82) is 0 Å². The molecule has 0 unspecified atom stereocenters. The number of amides is 1. The Balaban J connectivity index is 1.35. The largest absolute Gasteiger partial charge is 0.326 e. The Morgan fingerprint density at radius 2 is 1.68 bits per heavy atom. The number of carbonyl (C=O) groups is 2. The molecule has 4 rings (SSSR count). The molecule has 3 aromatic rings. The van der Waals surface area contributed by atoms with Crippen LogP contribution in [0.4, 0.5) is 10.8 Å². The van der Waals surface area contributed by atoms with Gasteiger partial charge in [0.15, 0.2) is 10.9 Å². The van der Waals surface area contributed by atoms with Crippen molar-refractivity contribution in [2.75, 3.05) is 10.0 Å². The first kappa shape index (κ1) is 21.2. The van der Waals surface area contributed by atoms with Gasteiger partial charge in [0.2, 0.25) is 5.91 Å². The first-order valence-corrected chi connectivity index (χ1v) is 12.2. The Bertz CT molecular complexity index is 1160. The molecule has 0 spiro atoms. The van der Waals surface area contributed by atoms with Crippen LogP contribution in [-0.4, -0.2) is 25.1 Å². The lowest BCUT2D eigenvalue weighted by molar-refractivity contribution is -0.119. The Kier molecular flexibility index (Phi) is 6.15. The molecule has 31 heavy (non-hydrogen) atoms. The van der Waals surface area contributed by atoms with Gasteiger partial charge in [-0.1, -0.05) is 30.3 Å². The third kappa shape index (κ3) is 5.00. The summed E-state index contributed by atoms with van der Waals surface area (Å²) in [5.74, 6) is -0.465. The van der Waals surface area contributed by atoms with Crippen molar-refractivity contribution in [3.63, 3.8) is 0 Å². The molecular formula is C22H21N3O4S2. The number of sulfonamides is 1. The molecule has 2 atom stereocenters. The van der Waals surface area contributed by atoms with Crippen molar-refractivity contribution in [2.45, 2.75) is 24.2 Å². The highest BCUT2D eigenvalue weighted by Gasteiger charge is 2.34. The fourth-order valence-corrected chi connectivity index (χ4v) is 5.49. The number of carbonyl (C=O) groups excluding carboxylic acids is 2. The molecule has 1 amide bonds. The lowest BCUT2D eigenvalue weighted by atomic mass is 9.95. The van der Waals surface area contributed by atoms with Gasteiger partial charge in [0.05, 0.1) is 4.90 Å². The van der Waals surface area contributed by atoms with Crippen LogP contribution in [0.3, 0.4) is 0 Å². The van der Waals surface area contributed by atoms with Gasteiger partial charge in [-0.2, -0.15) is 0 Å². The molecule has 0 radical (unpaired) electrons. The van der Waals surface area contributed by atoms with E-state index in [1.807, 2.05) is 18.2 Å². The molecule has 1 aliphatic rings. The zero-order valence-corrected chi connectivity index (χ0v) is 18.2. The van der Waals surface area contributed by atoms with E-state index in [1.165, 1.54) is 29.7 Å². The summed E-state index contributed by atoms with van der Waals surface area (Å²) < 4.78 is 27.2. The molecule has 1 aromatic heterocycles. The lowest BCUT2D eigenvalue weighted by Crippen LogP contribution is -2.22. The predicted molar refractivity (Wildman–Crippen MR) is 120 cm³/mol. The van der Waals surface area contributed by atoms with Crippen LogP contribution in [0.5, 0.6) is 0 Å². The highest BCUT2D eigenvalue weighted by molar-refractivity contribution is 7.93. The van der Waals surface area contributed by atoms with Crippen LogP contribution in [0.25, 0.3) is 0 Å². The molecule has 9 heteroatoms. The number of nitrogens with zero attached hydrogens (tertiary/aromatic N) is 1. The monoisotopic (exact) mass is 455 g/mol. The van der Waals surface area contributed by atoms with Crippen LogP contribution in [-0.2, 0) is 14.8 Å². The van der Waals surface area contributed by atoms with Gasteiger partial charge < -0.3 is 5.32 Å². The van der Waals surface area contributed by atoms with Gasteiger partial charge in [0.25, 0.3) is 10.0 Å². The van der Waals surface area contributed by atoms with E-state index in [0.717, 1.165) is 0 Å². The summed E-state index contributed by atoms with van der Waals surface area (Å²) in [6.45, 7) is 0. The fraction of sp³-hybridized carbons (Fsp3) is 0.227. The summed E-state index contributed by atoms with van der Waals surface area (Å²) in [4.78, 5) is 29.3. The van der Waals surface area contributed by atoms with E-state index in [-0.39, 0.29) is 28.4 Å². The number of Topliss-reactive ketones (excluding diaryl/α,β-unsaturated/α-hetero) is 1. The minimum Gasteiger partial charge on any atom is -0.326 e. The third-order valence-electron chi connectivity index (χ3n) is 5.32. The van der Waals surface area contributed by atoms with Gasteiger partial charge in [0, 0.05) is 34.7 Å². The number of nitrogens with one attached hydrogen (secondary N) is 2. The highest BCUT2D eigenvalue weighted by atomic mass is 32.2. The molecule has 0 saturated heterocycles. The molecule has 1 fully saturated rings. The molecule has 7 nitrogen and oxygen atoms in total. The van der Waals surface area contributed by atoms with Gasteiger partial charge in [0.1, 0.15) is 0 Å². The summed E-state index contributed by atoms with van der Waals surface area (Å²) in [7, 11) is -3.74. The van der Waals surface area contributed by atoms with Crippen LogP contribution in [0.2, 0.25) is 0 Å². The second-order valence-corrected chi connectivity index (χ2v) is 9.97. The van der Waals surface area contributed by atoms with Gasteiger partial charge in [-0.25, -0.2) is 13.4 Å². The number of thiazole rings is 1. The van der Waals surface area contributed by atoms with E-state index in [1.54, 1.807) is 29.6 Å². The van der Waals surface area contributed by atoms with Crippen LogP contribution in [0.1, 0.15) is 29.6 Å². The molecular weight excluding hydrogens is 434 g/mol. The van der Waals surface area contributed by atoms with Crippen LogP contribution < -0.4 is 10.0 Å². The maximum Gasteiger partial charge on any atom is 0.263 e. The number of ketones is 1. The standard InChI is InChI=1S/C22H21N3O4S2/c26-20(15-4-2-1-3-5-15)16-6-7-17(14-16)21(27)24-18-8-10-19(11-9-18)31(28,29)25-22-23-12-13-30-22/h1-5,8-13,16-17H,6-7,14H2,(H,23,25)(H,24,27)/t16-,17+/m0/s1. The maximum atomic E-state index is 12.7. The summed E-state index contributed by atoms with van der Waals surface area (Å²) in [5, 5.41) is 4.80. The van der Waals surface area contributed by atoms with Crippen molar-refractivity contribution >= 4 is 43.9 Å². The topological polar surface area (TPSA) is 105 Å². The van der Waals surface area contributed by atoms with Crippen molar-refractivity contribution in [3.8, 4) is 0 Å². The molecule has 160 valence electrons. The number of aromatic nitrogens is 1. The van der Waals surface area contributed by atoms with Crippen LogP contribution >= 0.6 is 11.3 Å². The van der Waals surface area contributed by atoms with Gasteiger partial charge >= 0.3 is 0 Å². The molecule has 0 aliphatic heterocycles. The summed E-state index contributed by atoms with van der Waals surface area (Å²) in [5.41, 5.74) is 1.19. The molecule has 2 aromatic carbocycles. The van der Waals surface area contributed by atoms with Gasteiger partial charge in [-0.15, -0.1) is 11.3 Å². The zero-order valence-electron chi connectivity index (χ0n) is 16.5. The van der Waals surface area contributed by atoms with E-state index in [2.05, 4.69) is 15.0 Å². The molecule has 1 aliphatic carbocycles. The van der Waals surface area contributed by atoms with Crippen molar-refractivity contribution in [2.24, 2.45) is 11.8 Å².